The fourth-order valence-corrected chi connectivity index (χ4v) is 1.41. The largest absolute Gasteiger partial charge is 0.368 e. The Labute approximate surface area is 82.0 Å². The average Bonchev–Trinajstić information content (AvgIpc) is 2.04. The Kier molecular flexibility index (Phi) is 2.83. The van der Waals surface area contributed by atoms with Crippen LogP contribution in [0.1, 0.15) is 28.9 Å². The average molecular weight is 200 g/mol. The first-order valence-corrected chi connectivity index (χ1v) is 3.92. The van der Waals surface area contributed by atoms with Gasteiger partial charge in [-0.1, -0.05) is 0 Å². The van der Waals surface area contributed by atoms with Crippen molar-refractivity contribution in [3.8, 4) is 0 Å². The SMILES string of the molecule is Cl.Nc1ncc2c(n1)CCCC2=O. The van der Waals surface area contributed by atoms with Crippen LogP contribution in [0.3, 0.4) is 0 Å². The number of anilines is 1. The number of carbonyl (C=O) groups excluding carboxylic acids is 1. The number of carbonyl (C=O) groups is 1. The van der Waals surface area contributed by atoms with Gasteiger partial charge in [-0.3, -0.25) is 4.79 Å². The number of halogens is 1. The van der Waals surface area contributed by atoms with Gasteiger partial charge < -0.3 is 5.73 Å². The van der Waals surface area contributed by atoms with Crippen LogP contribution in [-0.2, 0) is 6.42 Å². The molecule has 0 unspecified atom stereocenters. The van der Waals surface area contributed by atoms with Crippen molar-refractivity contribution in [3.63, 3.8) is 0 Å². The molecule has 1 aromatic rings. The van der Waals surface area contributed by atoms with E-state index in [0.29, 0.717) is 12.0 Å². The number of aromatic nitrogens is 2. The van der Waals surface area contributed by atoms with Crippen LogP contribution >= 0.6 is 12.4 Å². The molecule has 1 aliphatic rings. The third-order valence-corrected chi connectivity index (χ3v) is 2.00. The molecule has 2 rings (SSSR count). The van der Waals surface area contributed by atoms with Crippen LogP contribution in [0.4, 0.5) is 5.95 Å². The number of rotatable bonds is 0. The molecule has 1 aliphatic carbocycles. The highest BCUT2D eigenvalue weighted by atomic mass is 35.5. The lowest BCUT2D eigenvalue weighted by Crippen LogP contribution is -2.14. The lowest BCUT2D eigenvalue weighted by molar-refractivity contribution is 0.0971. The highest BCUT2D eigenvalue weighted by Crippen LogP contribution is 2.18. The number of nitrogens with zero attached hydrogens (tertiary/aromatic N) is 2. The molecule has 0 radical (unpaired) electrons. The van der Waals surface area contributed by atoms with Gasteiger partial charge in [-0.2, -0.15) is 0 Å². The lowest BCUT2D eigenvalue weighted by Gasteiger charge is -2.12. The van der Waals surface area contributed by atoms with Gasteiger partial charge in [0.25, 0.3) is 0 Å². The molecule has 0 saturated heterocycles. The highest BCUT2D eigenvalue weighted by molar-refractivity contribution is 5.97. The van der Waals surface area contributed by atoms with Crippen molar-refractivity contribution in [2.24, 2.45) is 0 Å². The minimum atomic E-state index is 0. The zero-order valence-electron chi connectivity index (χ0n) is 6.99. The molecular weight excluding hydrogens is 190 g/mol. The minimum absolute atomic E-state index is 0. The molecule has 1 aromatic heterocycles. The predicted octanol–water partition coefficient (Wildman–Crippen LogP) is 1.000. The summed E-state index contributed by atoms with van der Waals surface area (Å²) in [7, 11) is 0. The van der Waals surface area contributed by atoms with E-state index in [1.54, 1.807) is 0 Å². The molecule has 0 aliphatic heterocycles. The Morgan fingerprint density at radius 1 is 1.38 bits per heavy atom. The third kappa shape index (κ3) is 1.78. The molecule has 5 heteroatoms. The van der Waals surface area contributed by atoms with Crippen LogP contribution < -0.4 is 5.73 Å². The van der Waals surface area contributed by atoms with E-state index in [2.05, 4.69) is 9.97 Å². The number of aryl methyl sites for hydroxylation is 1. The summed E-state index contributed by atoms with van der Waals surface area (Å²) in [5, 5.41) is 0. The lowest BCUT2D eigenvalue weighted by atomic mass is 9.96. The van der Waals surface area contributed by atoms with E-state index >= 15 is 0 Å². The summed E-state index contributed by atoms with van der Waals surface area (Å²) in [6.07, 6.45) is 3.86. The van der Waals surface area contributed by atoms with Gasteiger partial charge in [0.05, 0.1) is 11.3 Å². The van der Waals surface area contributed by atoms with Crippen LogP contribution in [0.25, 0.3) is 0 Å². The van der Waals surface area contributed by atoms with Crippen molar-refractivity contribution >= 4 is 24.1 Å². The van der Waals surface area contributed by atoms with E-state index in [1.165, 1.54) is 6.20 Å². The minimum Gasteiger partial charge on any atom is -0.368 e. The van der Waals surface area contributed by atoms with E-state index in [9.17, 15) is 4.79 Å². The molecule has 0 atom stereocenters. The van der Waals surface area contributed by atoms with Gasteiger partial charge in [0.1, 0.15) is 0 Å². The number of fused-ring (bicyclic) bond motifs is 1. The Bertz CT molecular complexity index is 340. The molecule has 4 nitrogen and oxygen atoms in total. The number of nitrogen functional groups attached to an aromatic ring is 1. The van der Waals surface area contributed by atoms with Gasteiger partial charge in [-0.05, 0) is 12.8 Å². The number of ketones is 1. The van der Waals surface area contributed by atoms with Crippen molar-refractivity contribution in [3.05, 3.63) is 17.5 Å². The second-order valence-electron chi connectivity index (χ2n) is 2.87. The molecule has 13 heavy (non-hydrogen) atoms. The first kappa shape index (κ1) is 9.92. The smallest absolute Gasteiger partial charge is 0.220 e. The Hall–Kier alpha value is -1.16. The van der Waals surface area contributed by atoms with E-state index in [0.717, 1.165) is 18.5 Å². The highest BCUT2D eigenvalue weighted by Gasteiger charge is 2.18. The topological polar surface area (TPSA) is 68.9 Å². The Morgan fingerprint density at radius 3 is 2.92 bits per heavy atom. The number of nitrogens with two attached hydrogens (primary N) is 1. The normalized spacial score (nSPS) is 14.6. The molecule has 0 spiro atoms. The van der Waals surface area contributed by atoms with E-state index in [4.69, 9.17) is 5.73 Å². The summed E-state index contributed by atoms with van der Waals surface area (Å²) < 4.78 is 0. The monoisotopic (exact) mass is 199 g/mol. The molecule has 0 fully saturated rings. The number of Topliss-reactive ketones (excluding diaryl/α,β-unsaturated/α-hetero) is 1. The maximum absolute atomic E-state index is 11.3. The quantitative estimate of drug-likeness (QED) is 0.677. The van der Waals surface area contributed by atoms with E-state index in [1.807, 2.05) is 0 Å². The second kappa shape index (κ2) is 3.70. The van der Waals surface area contributed by atoms with E-state index < -0.39 is 0 Å². The Morgan fingerprint density at radius 2 is 2.15 bits per heavy atom. The summed E-state index contributed by atoms with van der Waals surface area (Å²) >= 11 is 0. The molecule has 0 amide bonds. The molecule has 0 saturated carbocycles. The zero-order chi connectivity index (χ0) is 8.55. The molecule has 1 heterocycles. The van der Waals surface area contributed by atoms with Crippen molar-refractivity contribution in [1.29, 1.82) is 0 Å². The standard InChI is InChI=1S/C8H9N3O.ClH/c9-8-10-4-5-6(11-8)2-1-3-7(5)12;/h4H,1-3H2,(H2,9,10,11);1H. The molecule has 2 N–H and O–H groups in total. The van der Waals surface area contributed by atoms with Crippen molar-refractivity contribution in [2.45, 2.75) is 19.3 Å². The Balaban J connectivity index is 0.000000845. The van der Waals surface area contributed by atoms with Gasteiger partial charge in [0.2, 0.25) is 5.95 Å². The summed E-state index contributed by atoms with van der Waals surface area (Å²) in [4.78, 5) is 19.1. The van der Waals surface area contributed by atoms with E-state index in [-0.39, 0.29) is 24.1 Å². The predicted molar refractivity (Wildman–Crippen MR) is 51.0 cm³/mol. The maximum atomic E-state index is 11.3. The zero-order valence-corrected chi connectivity index (χ0v) is 7.80. The van der Waals surface area contributed by atoms with Gasteiger partial charge in [-0.25, -0.2) is 9.97 Å². The maximum Gasteiger partial charge on any atom is 0.220 e. The molecule has 0 aromatic carbocycles. The fourth-order valence-electron chi connectivity index (χ4n) is 1.41. The number of hydrogen-bond donors (Lipinski definition) is 1. The van der Waals surface area contributed by atoms with Crippen LogP contribution in [0.2, 0.25) is 0 Å². The van der Waals surface area contributed by atoms with Gasteiger partial charge in [-0.15, -0.1) is 12.4 Å². The first-order chi connectivity index (χ1) is 5.77. The molecule has 70 valence electrons. The fraction of sp³-hybridized carbons (Fsp3) is 0.375. The van der Waals surface area contributed by atoms with Crippen LogP contribution in [0.15, 0.2) is 6.20 Å². The van der Waals surface area contributed by atoms with Gasteiger partial charge in [0.15, 0.2) is 5.78 Å². The summed E-state index contributed by atoms with van der Waals surface area (Å²) in [6.45, 7) is 0. The van der Waals surface area contributed by atoms with Gasteiger partial charge >= 0.3 is 0 Å². The van der Waals surface area contributed by atoms with Crippen molar-refractivity contribution in [2.75, 3.05) is 5.73 Å². The molecular formula is C8H10ClN3O. The second-order valence-corrected chi connectivity index (χ2v) is 2.87. The van der Waals surface area contributed by atoms with Crippen molar-refractivity contribution < 1.29 is 4.79 Å². The number of hydrogen-bond acceptors (Lipinski definition) is 4. The summed E-state index contributed by atoms with van der Waals surface area (Å²) in [6, 6.07) is 0. The summed E-state index contributed by atoms with van der Waals surface area (Å²) in [5.41, 5.74) is 6.85. The van der Waals surface area contributed by atoms with Crippen LogP contribution in [-0.4, -0.2) is 15.8 Å². The first-order valence-electron chi connectivity index (χ1n) is 3.92. The summed E-state index contributed by atoms with van der Waals surface area (Å²) in [5.74, 6) is 0.389. The van der Waals surface area contributed by atoms with Crippen LogP contribution in [0, 0.1) is 0 Å². The third-order valence-electron chi connectivity index (χ3n) is 2.00. The van der Waals surface area contributed by atoms with Crippen LogP contribution in [0.5, 0.6) is 0 Å². The van der Waals surface area contributed by atoms with Crippen molar-refractivity contribution in [1.82, 2.24) is 9.97 Å². The van der Waals surface area contributed by atoms with Gasteiger partial charge in [0, 0.05) is 12.6 Å². The molecule has 0 bridgehead atoms.